The lowest BCUT2D eigenvalue weighted by molar-refractivity contribution is -0.0598. The van der Waals surface area contributed by atoms with E-state index in [1.54, 1.807) is 12.1 Å². The van der Waals surface area contributed by atoms with Crippen LogP contribution in [0.5, 0.6) is 0 Å². The van der Waals surface area contributed by atoms with Crippen molar-refractivity contribution in [1.29, 1.82) is 0 Å². The summed E-state index contributed by atoms with van der Waals surface area (Å²) in [6.07, 6.45) is 5.47. The Bertz CT molecular complexity index is 660. The van der Waals surface area contributed by atoms with Gasteiger partial charge in [0.2, 0.25) is 0 Å². The molecule has 0 amide bonds. The van der Waals surface area contributed by atoms with Crippen LogP contribution >= 0.6 is 0 Å². The van der Waals surface area contributed by atoms with Crippen LogP contribution in [0.15, 0.2) is 48.7 Å². The number of pyridine rings is 1. The SMILES string of the molecule is OC1(c2ccc(F)cc2)C[C@@H]2CC[C@@H](C1)N2Cc1ccccn1. The maximum atomic E-state index is 13.2. The fourth-order valence-corrected chi connectivity index (χ4v) is 4.25. The minimum Gasteiger partial charge on any atom is -0.385 e. The summed E-state index contributed by atoms with van der Waals surface area (Å²) in [5, 5.41) is 11.1. The first-order valence-electron chi connectivity index (χ1n) is 8.28. The number of rotatable bonds is 3. The fourth-order valence-electron chi connectivity index (χ4n) is 4.25. The molecule has 2 saturated heterocycles. The largest absolute Gasteiger partial charge is 0.385 e. The summed E-state index contributed by atoms with van der Waals surface area (Å²) in [5.74, 6) is -0.257. The summed E-state index contributed by atoms with van der Waals surface area (Å²) in [4.78, 5) is 6.91. The van der Waals surface area contributed by atoms with Crippen molar-refractivity contribution in [2.45, 2.75) is 49.9 Å². The molecule has 0 radical (unpaired) electrons. The molecule has 1 aromatic heterocycles. The maximum Gasteiger partial charge on any atom is 0.123 e. The number of piperidine rings is 1. The summed E-state index contributed by atoms with van der Waals surface area (Å²) in [5.41, 5.74) is 1.09. The van der Waals surface area contributed by atoms with Gasteiger partial charge in [0.1, 0.15) is 5.82 Å². The van der Waals surface area contributed by atoms with E-state index in [1.165, 1.54) is 12.1 Å². The number of hydrogen-bond acceptors (Lipinski definition) is 3. The molecule has 3 heterocycles. The fraction of sp³-hybridized carbons (Fsp3) is 0.421. The molecule has 4 heteroatoms. The molecule has 23 heavy (non-hydrogen) atoms. The van der Waals surface area contributed by atoms with Crippen molar-refractivity contribution in [3.05, 3.63) is 65.7 Å². The lowest BCUT2D eigenvalue weighted by Gasteiger charge is -2.44. The minimum absolute atomic E-state index is 0.257. The van der Waals surface area contributed by atoms with Crippen molar-refractivity contribution in [3.63, 3.8) is 0 Å². The number of aliphatic hydroxyl groups is 1. The van der Waals surface area contributed by atoms with Gasteiger partial charge < -0.3 is 5.11 Å². The van der Waals surface area contributed by atoms with Crippen molar-refractivity contribution >= 4 is 0 Å². The number of nitrogens with zero attached hydrogens (tertiary/aromatic N) is 2. The topological polar surface area (TPSA) is 36.4 Å². The molecule has 2 atom stereocenters. The van der Waals surface area contributed by atoms with E-state index in [-0.39, 0.29) is 5.82 Å². The minimum atomic E-state index is -0.833. The van der Waals surface area contributed by atoms with Crippen molar-refractivity contribution in [2.75, 3.05) is 0 Å². The van der Waals surface area contributed by atoms with E-state index in [0.29, 0.717) is 24.9 Å². The first-order valence-corrected chi connectivity index (χ1v) is 8.28. The Morgan fingerprint density at radius 1 is 1.09 bits per heavy atom. The van der Waals surface area contributed by atoms with E-state index < -0.39 is 5.60 Å². The van der Waals surface area contributed by atoms with Crippen LogP contribution in [0, 0.1) is 5.82 Å². The third-order valence-electron chi connectivity index (χ3n) is 5.37. The van der Waals surface area contributed by atoms with Gasteiger partial charge in [-0.25, -0.2) is 4.39 Å². The highest BCUT2D eigenvalue weighted by Gasteiger charge is 2.48. The molecule has 2 aliphatic heterocycles. The molecule has 0 spiro atoms. The number of aromatic nitrogens is 1. The average Bonchev–Trinajstić information content (AvgIpc) is 2.80. The number of halogens is 1. The maximum absolute atomic E-state index is 13.2. The van der Waals surface area contributed by atoms with Gasteiger partial charge in [0, 0.05) is 24.8 Å². The second kappa shape index (κ2) is 5.69. The highest BCUT2D eigenvalue weighted by atomic mass is 19.1. The summed E-state index contributed by atoms with van der Waals surface area (Å²) in [7, 11) is 0. The van der Waals surface area contributed by atoms with Crippen molar-refractivity contribution in [3.8, 4) is 0 Å². The average molecular weight is 312 g/mol. The Morgan fingerprint density at radius 2 is 1.78 bits per heavy atom. The van der Waals surface area contributed by atoms with E-state index in [1.807, 2.05) is 18.3 Å². The van der Waals surface area contributed by atoms with Crippen molar-refractivity contribution in [1.82, 2.24) is 9.88 Å². The van der Waals surface area contributed by atoms with Crippen molar-refractivity contribution < 1.29 is 9.50 Å². The van der Waals surface area contributed by atoms with E-state index in [4.69, 9.17) is 0 Å². The predicted octanol–water partition coefficient (Wildman–Crippen LogP) is 3.24. The second-order valence-electron chi connectivity index (χ2n) is 6.83. The second-order valence-corrected chi connectivity index (χ2v) is 6.83. The Morgan fingerprint density at radius 3 is 2.39 bits per heavy atom. The molecule has 1 N–H and O–H groups in total. The Kier molecular flexibility index (Phi) is 3.66. The molecule has 4 rings (SSSR count). The van der Waals surface area contributed by atoms with Gasteiger partial charge in [0.05, 0.1) is 11.3 Å². The molecular formula is C19H21FN2O. The van der Waals surface area contributed by atoms with Gasteiger partial charge >= 0.3 is 0 Å². The van der Waals surface area contributed by atoms with Crippen molar-refractivity contribution in [2.24, 2.45) is 0 Å². The molecule has 2 aliphatic rings. The van der Waals surface area contributed by atoms with Gasteiger partial charge in [-0.2, -0.15) is 0 Å². The van der Waals surface area contributed by atoms with Crippen LogP contribution in [0.25, 0.3) is 0 Å². The van der Waals surface area contributed by atoms with Gasteiger partial charge in [0.25, 0.3) is 0 Å². The first-order chi connectivity index (χ1) is 11.1. The third-order valence-corrected chi connectivity index (χ3v) is 5.37. The molecule has 120 valence electrons. The van der Waals surface area contributed by atoms with Gasteiger partial charge in [-0.05, 0) is 55.5 Å². The Hall–Kier alpha value is -1.78. The number of benzene rings is 1. The zero-order chi connectivity index (χ0) is 15.9. The van der Waals surface area contributed by atoms with Crippen LogP contribution in [0.3, 0.4) is 0 Å². The third kappa shape index (κ3) is 2.77. The lowest BCUT2D eigenvalue weighted by Crippen LogP contribution is -2.49. The van der Waals surface area contributed by atoms with E-state index in [9.17, 15) is 9.50 Å². The van der Waals surface area contributed by atoms with Crippen LogP contribution in [-0.4, -0.2) is 27.1 Å². The lowest BCUT2D eigenvalue weighted by atomic mass is 9.80. The molecule has 2 bridgehead atoms. The zero-order valence-corrected chi connectivity index (χ0v) is 13.0. The van der Waals surface area contributed by atoms with E-state index in [2.05, 4.69) is 16.0 Å². The number of hydrogen-bond donors (Lipinski definition) is 1. The molecule has 0 aliphatic carbocycles. The molecular weight excluding hydrogens is 291 g/mol. The van der Waals surface area contributed by atoms with E-state index in [0.717, 1.165) is 30.6 Å². The highest BCUT2D eigenvalue weighted by molar-refractivity contribution is 5.25. The van der Waals surface area contributed by atoms with Crippen LogP contribution in [-0.2, 0) is 12.1 Å². The summed E-state index contributed by atoms with van der Waals surface area (Å²) in [6, 6.07) is 13.1. The van der Waals surface area contributed by atoms with Crippen LogP contribution in [0.2, 0.25) is 0 Å². The Labute approximate surface area is 135 Å². The summed E-state index contributed by atoms with van der Waals surface area (Å²) in [6.45, 7) is 0.843. The highest BCUT2D eigenvalue weighted by Crippen LogP contribution is 2.46. The van der Waals surface area contributed by atoms with Crippen LogP contribution in [0.4, 0.5) is 4.39 Å². The normalized spacial score (nSPS) is 30.5. The van der Waals surface area contributed by atoms with Crippen LogP contribution < -0.4 is 0 Å². The smallest absolute Gasteiger partial charge is 0.123 e. The predicted molar refractivity (Wildman–Crippen MR) is 86.1 cm³/mol. The molecule has 0 unspecified atom stereocenters. The monoisotopic (exact) mass is 312 g/mol. The van der Waals surface area contributed by atoms with Gasteiger partial charge in [-0.15, -0.1) is 0 Å². The molecule has 1 aromatic carbocycles. The summed E-state index contributed by atoms with van der Waals surface area (Å²) >= 11 is 0. The molecule has 3 nitrogen and oxygen atoms in total. The number of fused-ring (bicyclic) bond motifs is 2. The molecule has 2 aromatic rings. The molecule has 2 fully saturated rings. The van der Waals surface area contributed by atoms with Gasteiger partial charge in [0.15, 0.2) is 0 Å². The zero-order valence-electron chi connectivity index (χ0n) is 13.0. The van der Waals surface area contributed by atoms with Gasteiger partial charge in [-0.1, -0.05) is 18.2 Å². The standard InChI is InChI=1S/C19H21FN2O/c20-15-6-4-14(5-7-15)19(23)11-17-8-9-18(12-19)22(17)13-16-3-1-2-10-21-16/h1-7,10,17-18,23H,8-9,11-13H2/t17-,18-/m0/s1. The Balaban J connectivity index is 1.54. The van der Waals surface area contributed by atoms with Gasteiger partial charge in [-0.3, -0.25) is 9.88 Å². The van der Waals surface area contributed by atoms with E-state index >= 15 is 0 Å². The molecule has 0 saturated carbocycles. The summed E-state index contributed by atoms with van der Waals surface area (Å²) < 4.78 is 13.2. The first kappa shape index (κ1) is 14.8. The quantitative estimate of drug-likeness (QED) is 0.945. The van der Waals surface area contributed by atoms with Crippen LogP contribution in [0.1, 0.15) is 36.9 Å².